The Hall–Kier alpha value is -5.71. The van der Waals surface area contributed by atoms with E-state index in [0.717, 1.165) is 59.6 Å². The number of ether oxygens (including phenoxy) is 2. The SMILES string of the molecule is C=C.C=O.CCC.CCNC.CN1C2CCC(C2)C1c1nc2ccc(-c3ccc4c(c3)C(F)(F)C3=C4C=CC(/C(=C/N)NCC4CC5(CC5)CN4C=O)C3)cc2[nH]1.COC.COC(=O)NC(C=O)C(C)C. The number of benzene rings is 2. The van der Waals surface area contributed by atoms with Crippen molar-refractivity contribution >= 4 is 42.2 Å². The molecule has 3 heterocycles. The third-order valence-electron chi connectivity index (χ3n) is 13.8. The molecule has 6 aliphatic rings. The second-order valence-corrected chi connectivity index (χ2v) is 19.1. The Kier molecular flexibility index (Phi) is 23.8. The smallest absolute Gasteiger partial charge is 0.407 e. The summed E-state index contributed by atoms with van der Waals surface area (Å²) in [6.45, 7) is 20.5. The molecule has 2 saturated carbocycles. The maximum absolute atomic E-state index is 16.2. The fourth-order valence-corrected chi connectivity index (χ4v) is 9.98. The Morgan fingerprint density at radius 1 is 1.04 bits per heavy atom. The van der Waals surface area contributed by atoms with E-state index in [9.17, 15) is 14.4 Å². The van der Waals surface area contributed by atoms with Crippen LogP contribution >= 0.6 is 0 Å². The average molecular weight is 989 g/mol. The predicted octanol–water partition coefficient (Wildman–Crippen LogP) is 9.31. The van der Waals surface area contributed by atoms with Crippen LogP contribution in [0.2, 0.25) is 0 Å². The number of amides is 2. The van der Waals surface area contributed by atoms with Crippen molar-refractivity contribution in [2.45, 2.75) is 116 Å². The molecule has 14 nitrogen and oxygen atoms in total. The van der Waals surface area contributed by atoms with Gasteiger partial charge in [-0.05, 0) is 123 Å². The van der Waals surface area contributed by atoms with E-state index in [2.05, 4.69) is 76.3 Å². The Morgan fingerprint density at radius 3 is 2.21 bits per heavy atom. The zero-order chi connectivity index (χ0) is 53.1. The molecule has 6 N–H and O–H groups in total. The summed E-state index contributed by atoms with van der Waals surface area (Å²) in [7, 11) is 8.64. The minimum absolute atomic E-state index is 0.0582. The highest BCUT2D eigenvalue weighted by atomic mass is 19.3. The van der Waals surface area contributed by atoms with E-state index in [-0.39, 0.29) is 35.4 Å². The lowest BCUT2D eigenvalue weighted by molar-refractivity contribution is -0.119. The van der Waals surface area contributed by atoms with Crippen molar-refractivity contribution in [1.82, 2.24) is 35.7 Å². The van der Waals surface area contributed by atoms with Crippen molar-refractivity contribution < 1.29 is 37.4 Å². The summed E-state index contributed by atoms with van der Waals surface area (Å²) >= 11 is 0. The van der Waals surface area contributed by atoms with Gasteiger partial charge in [0.15, 0.2) is 0 Å². The van der Waals surface area contributed by atoms with Crippen molar-refractivity contribution in [3.05, 3.63) is 96.1 Å². The summed E-state index contributed by atoms with van der Waals surface area (Å²) in [6, 6.07) is 12.1. The van der Waals surface area contributed by atoms with Gasteiger partial charge in [0, 0.05) is 68.3 Å². The van der Waals surface area contributed by atoms with E-state index < -0.39 is 18.1 Å². The Labute approximate surface area is 421 Å². The van der Waals surface area contributed by atoms with Crippen LogP contribution in [0.5, 0.6) is 0 Å². The summed E-state index contributed by atoms with van der Waals surface area (Å²) in [4.78, 5) is 53.4. The molecule has 2 saturated heterocycles. The zero-order valence-corrected chi connectivity index (χ0v) is 43.9. The largest absolute Gasteiger partial charge is 0.453 e. The second-order valence-electron chi connectivity index (χ2n) is 19.1. The molecule has 1 spiro atoms. The standard InChI is InChI=1S/C37H40F2N6O.C7H13NO3.C3H9N.C3H8.C2H6O.C2H4.CH2O/c1-44-25-6-2-24(12-25)34(44)35-42-31-9-5-22(15-32(31)43-35)21-3-7-27-28-8-4-23(14-30(28)37(38,39)29(27)13-21)33(17-40)41-18-26-16-36(10-11-36)19-45(26)20-46;1-5(2)6(4-9)8-7(10)11-3;1-3-4-2;2*1-3-2;2*1-2/h3-5,7-9,13,15,17,20,23-26,34,41H,2,6,10-12,14,16,18-19,40H2,1H3,(H,42,43);4-6H,1-3H3,(H,8,10);4H,3H2,1-2H3;3H2,1-2H3;1-2H3;1-2H2;1H2/b33-17-;;;;;;. The van der Waals surface area contributed by atoms with Crippen LogP contribution in [0, 0.1) is 23.2 Å². The monoisotopic (exact) mass is 989 g/mol. The van der Waals surface area contributed by atoms with Gasteiger partial charge in [-0.15, -0.1) is 13.2 Å². The van der Waals surface area contributed by atoms with Gasteiger partial charge < -0.3 is 50.6 Å². The second kappa shape index (κ2) is 28.4. The van der Waals surface area contributed by atoms with Crippen molar-refractivity contribution in [1.29, 1.82) is 0 Å². The first-order valence-electron chi connectivity index (χ1n) is 24.8. The number of likely N-dealkylation sites (tertiary alicyclic amines) is 2. The van der Waals surface area contributed by atoms with Crippen LogP contribution in [0.15, 0.2) is 79.2 Å². The van der Waals surface area contributed by atoms with Crippen LogP contribution in [-0.2, 0) is 29.8 Å². The van der Waals surface area contributed by atoms with Gasteiger partial charge in [-0.1, -0.05) is 71.4 Å². The normalized spacial score (nSPS) is 22.7. The van der Waals surface area contributed by atoms with Crippen LogP contribution in [0.1, 0.15) is 109 Å². The lowest BCUT2D eigenvalue weighted by atomic mass is 9.87. The molecule has 0 radical (unpaired) electrons. The van der Waals surface area contributed by atoms with E-state index >= 15 is 8.78 Å². The predicted molar refractivity (Wildman–Crippen MR) is 281 cm³/mol. The summed E-state index contributed by atoms with van der Waals surface area (Å²) in [6.07, 6.45) is 14.9. The number of hydrogen-bond acceptors (Lipinski definition) is 11. The average Bonchev–Trinajstić information content (AvgIpc) is 3.80. The van der Waals surface area contributed by atoms with Gasteiger partial charge in [-0.3, -0.25) is 9.69 Å². The molecule has 4 fully saturated rings. The zero-order valence-electron chi connectivity index (χ0n) is 43.9. The van der Waals surface area contributed by atoms with Gasteiger partial charge in [-0.2, -0.15) is 8.78 Å². The van der Waals surface area contributed by atoms with E-state index in [0.29, 0.717) is 47.4 Å². The Bertz CT molecular complexity index is 2270. The molecular weight excluding hydrogens is 907 g/mol. The number of piperidine rings is 1. The molecule has 392 valence electrons. The summed E-state index contributed by atoms with van der Waals surface area (Å²) in [5.41, 5.74) is 12.0. The van der Waals surface area contributed by atoms with Gasteiger partial charge in [-0.25, -0.2) is 9.78 Å². The number of rotatable bonds is 11. The number of imidazole rings is 1. The number of halogens is 2. The van der Waals surface area contributed by atoms with Crippen LogP contribution < -0.4 is 21.7 Å². The molecule has 9 rings (SSSR count). The number of nitrogens with zero attached hydrogens (tertiary/aromatic N) is 3. The maximum Gasteiger partial charge on any atom is 0.407 e. The first-order chi connectivity index (χ1) is 34.1. The molecular formula is C55H82F2N8O6. The van der Waals surface area contributed by atoms with Crippen molar-refractivity contribution in [2.75, 3.05) is 55.1 Å². The number of carbonyl (C=O) groups excluding carboxylic acids is 4. The van der Waals surface area contributed by atoms with Crippen molar-refractivity contribution in [3.63, 3.8) is 0 Å². The van der Waals surface area contributed by atoms with Crippen LogP contribution in [0.3, 0.4) is 0 Å². The van der Waals surface area contributed by atoms with E-state index in [1.54, 1.807) is 20.3 Å². The molecule has 6 unspecified atom stereocenters. The van der Waals surface area contributed by atoms with Gasteiger partial charge in [0.05, 0.1) is 30.2 Å². The number of alkyl carbamates (subject to hydrolysis) is 1. The Balaban J connectivity index is 0.000000449. The number of fused-ring (bicyclic) bond motifs is 5. The fraction of sp³-hybridized carbons (Fsp3) is 0.545. The lowest BCUT2D eigenvalue weighted by Crippen LogP contribution is -2.39. The van der Waals surface area contributed by atoms with Crippen LogP contribution in [-0.4, -0.2) is 119 Å². The Morgan fingerprint density at radius 2 is 1.68 bits per heavy atom. The molecule has 2 amide bonds. The minimum atomic E-state index is -3.08. The van der Waals surface area contributed by atoms with Crippen molar-refractivity contribution in [2.24, 2.45) is 28.9 Å². The number of alkyl halides is 2. The molecule has 71 heavy (non-hydrogen) atoms. The van der Waals surface area contributed by atoms with Gasteiger partial charge in [0.2, 0.25) is 6.41 Å². The number of nitrogens with two attached hydrogens (primary N) is 1. The number of carbonyl (C=O) groups is 4. The number of methoxy groups -OCH3 is 2. The number of nitrogens with one attached hydrogen (secondary N) is 4. The molecule has 16 heteroatoms. The van der Waals surface area contributed by atoms with Crippen LogP contribution in [0.4, 0.5) is 13.6 Å². The van der Waals surface area contributed by atoms with Crippen LogP contribution in [0.25, 0.3) is 27.7 Å². The van der Waals surface area contributed by atoms with Gasteiger partial charge in [0.1, 0.15) is 18.9 Å². The summed E-state index contributed by atoms with van der Waals surface area (Å²) in [5, 5.41) is 8.74. The topological polar surface area (TPSA) is 184 Å². The highest BCUT2D eigenvalue weighted by Crippen LogP contribution is 2.56. The van der Waals surface area contributed by atoms with Gasteiger partial charge >= 0.3 is 6.09 Å². The molecule has 4 aliphatic carbocycles. The highest BCUT2D eigenvalue weighted by molar-refractivity contribution is 5.89. The van der Waals surface area contributed by atoms with Crippen molar-refractivity contribution in [3.8, 4) is 11.1 Å². The van der Waals surface area contributed by atoms with E-state index in [4.69, 9.17) is 15.5 Å². The first-order valence-corrected chi connectivity index (χ1v) is 24.8. The number of hydrogen-bond donors (Lipinski definition) is 5. The molecule has 1 aromatic heterocycles. The molecule has 2 aromatic carbocycles. The summed E-state index contributed by atoms with van der Waals surface area (Å²) < 4.78 is 41.1. The number of aldehydes is 1. The minimum Gasteiger partial charge on any atom is -0.453 e. The van der Waals surface area contributed by atoms with Gasteiger partial charge in [0.25, 0.3) is 5.92 Å². The number of H-pyrrole nitrogens is 1. The number of aromatic nitrogens is 2. The molecule has 2 bridgehead atoms. The molecule has 2 aliphatic heterocycles. The van der Waals surface area contributed by atoms with E-state index in [1.807, 2.05) is 75.1 Å². The third-order valence-corrected chi connectivity index (χ3v) is 13.8. The number of allylic oxidation sites excluding steroid dienone is 4. The third kappa shape index (κ3) is 14.5. The molecule has 3 aromatic rings. The number of aromatic amines is 1. The highest BCUT2D eigenvalue weighted by Gasteiger charge is 2.52. The fourth-order valence-electron chi connectivity index (χ4n) is 9.98. The maximum atomic E-state index is 16.2. The lowest BCUT2D eigenvalue weighted by Gasteiger charge is -2.30. The van der Waals surface area contributed by atoms with E-state index in [1.165, 1.54) is 51.8 Å². The molecule has 6 atom stereocenters. The summed E-state index contributed by atoms with van der Waals surface area (Å²) in [5.74, 6) is -1.62. The quantitative estimate of drug-likeness (QED) is 0.0912. The first kappa shape index (κ1) is 59.6.